The molecule has 0 aliphatic carbocycles. The van der Waals surface area contributed by atoms with Gasteiger partial charge >= 0.3 is 0 Å². The number of carboxylic acid groups (broad SMARTS) is 1. The molecule has 1 rings (SSSR count). The SMILES string of the molecule is C=CCNc1c(Cl)cc(Cl)cc1C(=O)[O-]. The van der Waals surface area contributed by atoms with Crippen LogP contribution in [0.15, 0.2) is 24.8 Å². The first kappa shape index (κ1) is 11.9. The summed E-state index contributed by atoms with van der Waals surface area (Å²) in [7, 11) is 0. The molecule has 0 saturated heterocycles. The average Bonchev–Trinajstić information content (AvgIpc) is 2.15. The average molecular weight is 245 g/mol. The molecule has 0 unspecified atom stereocenters. The van der Waals surface area contributed by atoms with Crippen LogP contribution in [0.25, 0.3) is 0 Å². The number of hydrogen-bond donors (Lipinski definition) is 1. The third kappa shape index (κ3) is 2.88. The van der Waals surface area contributed by atoms with E-state index in [4.69, 9.17) is 23.2 Å². The number of aromatic carboxylic acids is 1. The molecule has 0 fully saturated rings. The van der Waals surface area contributed by atoms with Gasteiger partial charge in [-0.1, -0.05) is 29.3 Å². The first-order chi connectivity index (χ1) is 7.06. The fourth-order valence-electron chi connectivity index (χ4n) is 1.09. The third-order valence-electron chi connectivity index (χ3n) is 1.70. The van der Waals surface area contributed by atoms with Crippen molar-refractivity contribution < 1.29 is 9.90 Å². The normalized spacial score (nSPS) is 9.73. The van der Waals surface area contributed by atoms with Crippen molar-refractivity contribution in [2.24, 2.45) is 0 Å². The summed E-state index contributed by atoms with van der Waals surface area (Å²) in [6, 6.07) is 2.75. The molecule has 80 valence electrons. The van der Waals surface area contributed by atoms with Crippen molar-refractivity contribution >= 4 is 34.9 Å². The van der Waals surface area contributed by atoms with Crippen LogP contribution in [0.3, 0.4) is 0 Å². The van der Waals surface area contributed by atoms with Gasteiger partial charge in [-0.2, -0.15) is 0 Å². The molecule has 0 radical (unpaired) electrons. The standard InChI is InChI=1S/C10H9Cl2NO2/c1-2-3-13-9-7(10(14)15)4-6(11)5-8(9)12/h2,4-5,13H,1,3H2,(H,14,15)/p-1. The lowest BCUT2D eigenvalue weighted by molar-refractivity contribution is -0.254. The van der Waals surface area contributed by atoms with Crippen LogP contribution in [0.1, 0.15) is 10.4 Å². The summed E-state index contributed by atoms with van der Waals surface area (Å²) in [6.45, 7) is 3.91. The highest BCUT2D eigenvalue weighted by Gasteiger charge is 2.09. The number of nitrogens with one attached hydrogen (secondary N) is 1. The zero-order chi connectivity index (χ0) is 11.4. The van der Waals surface area contributed by atoms with Gasteiger partial charge in [0, 0.05) is 17.1 Å². The minimum absolute atomic E-state index is 0.0608. The molecule has 0 aliphatic rings. The lowest BCUT2D eigenvalue weighted by Gasteiger charge is -2.13. The highest BCUT2D eigenvalue weighted by molar-refractivity contribution is 6.37. The number of rotatable bonds is 4. The third-order valence-corrected chi connectivity index (χ3v) is 2.21. The molecule has 3 nitrogen and oxygen atoms in total. The minimum atomic E-state index is -1.33. The summed E-state index contributed by atoms with van der Waals surface area (Å²) in [5.74, 6) is -1.33. The Kier molecular flexibility index (Phi) is 4.00. The van der Waals surface area contributed by atoms with E-state index < -0.39 is 5.97 Å². The van der Waals surface area contributed by atoms with Gasteiger partial charge in [0.25, 0.3) is 0 Å². The summed E-state index contributed by atoms with van der Waals surface area (Å²) >= 11 is 11.5. The molecule has 1 aromatic rings. The van der Waals surface area contributed by atoms with E-state index in [1.54, 1.807) is 6.08 Å². The molecule has 0 spiro atoms. The van der Waals surface area contributed by atoms with Gasteiger partial charge in [-0.05, 0) is 12.1 Å². The molecule has 15 heavy (non-hydrogen) atoms. The van der Waals surface area contributed by atoms with Crippen molar-refractivity contribution in [3.63, 3.8) is 0 Å². The summed E-state index contributed by atoms with van der Waals surface area (Å²) in [5.41, 5.74) is 0.232. The summed E-state index contributed by atoms with van der Waals surface area (Å²) < 4.78 is 0. The molecule has 0 bridgehead atoms. The molecule has 0 heterocycles. The number of halogens is 2. The first-order valence-corrected chi connectivity index (χ1v) is 4.87. The first-order valence-electron chi connectivity index (χ1n) is 4.11. The van der Waals surface area contributed by atoms with Crippen molar-refractivity contribution in [2.45, 2.75) is 0 Å². The zero-order valence-electron chi connectivity index (χ0n) is 7.72. The van der Waals surface area contributed by atoms with E-state index in [1.165, 1.54) is 12.1 Å². The van der Waals surface area contributed by atoms with Crippen molar-refractivity contribution in [2.75, 3.05) is 11.9 Å². The molecule has 0 atom stereocenters. The highest BCUT2D eigenvalue weighted by atomic mass is 35.5. The minimum Gasteiger partial charge on any atom is -0.545 e. The van der Waals surface area contributed by atoms with Gasteiger partial charge in [-0.15, -0.1) is 6.58 Å². The molecule has 0 amide bonds. The zero-order valence-corrected chi connectivity index (χ0v) is 9.23. The predicted molar refractivity (Wildman–Crippen MR) is 59.5 cm³/mol. The monoisotopic (exact) mass is 244 g/mol. The molecular weight excluding hydrogens is 237 g/mol. The topological polar surface area (TPSA) is 52.2 Å². The van der Waals surface area contributed by atoms with E-state index in [9.17, 15) is 9.90 Å². The Bertz CT molecular complexity index is 405. The Balaban J connectivity index is 3.20. The Hall–Kier alpha value is -1.19. The van der Waals surface area contributed by atoms with Gasteiger partial charge in [0.2, 0.25) is 0 Å². The summed E-state index contributed by atoms with van der Waals surface area (Å²) in [4.78, 5) is 10.8. The highest BCUT2D eigenvalue weighted by Crippen LogP contribution is 2.29. The van der Waals surface area contributed by atoms with Crippen molar-refractivity contribution in [3.8, 4) is 0 Å². The van der Waals surface area contributed by atoms with E-state index in [-0.39, 0.29) is 15.6 Å². The van der Waals surface area contributed by atoms with Crippen molar-refractivity contribution in [1.29, 1.82) is 0 Å². The van der Waals surface area contributed by atoms with E-state index in [1.807, 2.05) is 0 Å². The molecule has 0 saturated carbocycles. The molecule has 1 N–H and O–H groups in total. The van der Waals surface area contributed by atoms with E-state index in [0.717, 1.165) is 0 Å². The Morgan fingerprint density at radius 3 is 2.73 bits per heavy atom. The van der Waals surface area contributed by atoms with E-state index >= 15 is 0 Å². The number of carboxylic acids is 1. The smallest absolute Gasteiger partial charge is 0.0737 e. The molecule has 1 aromatic carbocycles. The molecule has 0 aromatic heterocycles. The maximum absolute atomic E-state index is 10.8. The second kappa shape index (κ2) is 5.05. The van der Waals surface area contributed by atoms with Gasteiger partial charge < -0.3 is 15.2 Å². The summed E-state index contributed by atoms with van der Waals surface area (Å²) in [6.07, 6.45) is 1.59. The second-order valence-electron chi connectivity index (χ2n) is 2.77. The van der Waals surface area contributed by atoms with Crippen LogP contribution in [0, 0.1) is 0 Å². The van der Waals surface area contributed by atoms with Crippen molar-refractivity contribution in [3.05, 3.63) is 40.4 Å². The van der Waals surface area contributed by atoms with Crippen LogP contribution in [-0.2, 0) is 0 Å². The quantitative estimate of drug-likeness (QED) is 0.825. The lowest BCUT2D eigenvalue weighted by Crippen LogP contribution is -2.24. The number of anilines is 1. The van der Waals surface area contributed by atoms with Crippen LogP contribution < -0.4 is 10.4 Å². The lowest BCUT2D eigenvalue weighted by atomic mass is 10.2. The van der Waals surface area contributed by atoms with Gasteiger partial charge in [0.1, 0.15) is 0 Å². The summed E-state index contributed by atoms with van der Waals surface area (Å²) in [5, 5.41) is 14.1. The Labute approximate surface area is 97.3 Å². The number of benzene rings is 1. The Morgan fingerprint density at radius 2 is 2.20 bits per heavy atom. The van der Waals surface area contributed by atoms with Crippen LogP contribution in [0.5, 0.6) is 0 Å². The van der Waals surface area contributed by atoms with Crippen LogP contribution >= 0.6 is 23.2 Å². The maximum Gasteiger partial charge on any atom is 0.0737 e. The second-order valence-corrected chi connectivity index (χ2v) is 3.61. The van der Waals surface area contributed by atoms with Gasteiger partial charge in [0.15, 0.2) is 0 Å². The van der Waals surface area contributed by atoms with E-state index in [0.29, 0.717) is 12.2 Å². The van der Waals surface area contributed by atoms with Crippen LogP contribution in [0.4, 0.5) is 5.69 Å². The van der Waals surface area contributed by atoms with Crippen LogP contribution in [-0.4, -0.2) is 12.5 Å². The van der Waals surface area contributed by atoms with Gasteiger partial charge in [-0.3, -0.25) is 0 Å². The largest absolute Gasteiger partial charge is 0.545 e. The Morgan fingerprint density at radius 1 is 1.53 bits per heavy atom. The van der Waals surface area contributed by atoms with E-state index in [2.05, 4.69) is 11.9 Å². The predicted octanol–water partition coefficient (Wildman–Crippen LogP) is 1.95. The van der Waals surface area contributed by atoms with Gasteiger partial charge in [0.05, 0.1) is 16.7 Å². The number of carbonyl (C=O) groups excluding carboxylic acids is 1. The van der Waals surface area contributed by atoms with Crippen LogP contribution in [0.2, 0.25) is 10.0 Å². The number of hydrogen-bond acceptors (Lipinski definition) is 3. The fourth-order valence-corrected chi connectivity index (χ4v) is 1.65. The number of carbonyl (C=O) groups is 1. The fraction of sp³-hybridized carbons (Fsp3) is 0.100. The molecular formula is C10H8Cl2NO2-. The van der Waals surface area contributed by atoms with Gasteiger partial charge in [-0.25, -0.2) is 0 Å². The van der Waals surface area contributed by atoms with Crippen molar-refractivity contribution in [1.82, 2.24) is 0 Å². The maximum atomic E-state index is 10.8. The molecule has 0 aliphatic heterocycles. The molecule has 5 heteroatoms.